The van der Waals surface area contributed by atoms with E-state index in [2.05, 4.69) is 29.6 Å². The van der Waals surface area contributed by atoms with E-state index in [1.54, 1.807) is 6.07 Å². The number of fused-ring (bicyclic) bond motifs is 1. The van der Waals surface area contributed by atoms with E-state index in [9.17, 15) is 9.18 Å². The topological polar surface area (TPSA) is 43.6 Å². The van der Waals surface area contributed by atoms with Gasteiger partial charge in [-0.05, 0) is 67.6 Å². The van der Waals surface area contributed by atoms with Crippen molar-refractivity contribution in [2.24, 2.45) is 10.6 Å². The first-order chi connectivity index (χ1) is 14.2. The van der Waals surface area contributed by atoms with Crippen molar-refractivity contribution in [3.63, 3.8) is 0 Å². The SMILES string of the molecule is Cc1cc2c(n1-c1ccc(Cl)cc1)CC(C)(C)C/C2=N\OC(=O)c1ccccc1F. The number of aromatic nitrogens is 1. The number of aryl methyl sites for hydroxylation is 1. The van der Waals surface area contributed by atoms with Crippen LogP contribution in [0.1, 0.15) is 47.6 Å². The summed E-state index contributed by atoms with van der Waals surface area (Å²) in [5, 5.41) is 4.85. The Hall–Kier alpha value is -2.92. The summed E-state index contributed by atoms with van der Waals surface area (Å²) in [7, 11) is 0. The Balaban J connectivity index is 1.73. The lowest BCUT2D eigenvalue weighted by Gasteiger charge is -2.31. The molecule has 0 radical (unpaired) electrons. The molecule has 0 bridgehead atoms. The zero-order valence-corrected chi connectivity index (χ0v) is 17.8. The molecule has 2 aromatic carbocycles. The van der Waals surface area contributed by atoms with Crippen LogP contribution in [0.15, 0.2) is 59.8 Å². The number of rotatable bonds is 3. The number of benzene rings is 2. The summed E-state index contributed by atoms with van der Waals surface area (Å²) in [4.78, 5) is 17.5. The van der Waals surface area contributed by atoms with E-state index in [4.69, 9.17) is 16.4 Å². The molecule has 1 aliphatic carbocycles. The fourth-order valence-corrected chi connectivity index (χ4v) is 4.11. The van der Waals surface area contributed by atoms with E-state index in [0.29, 0.717) is 17.2 Å². The Morgan fingerprint density at radius 1 is 1.13 bits per heavy atom. The predicted octanol–water partition coefficient (Wildman–Crippen LogP) is 6.11. The van der Waals surface area contributed by atoms with E-state index in [0.717, 1.165) is 29.1 Å². The third-order valence-corrected chi connectivity index (χ3v) is 5.56. The van der Waals surface area contributed by atoms with Crippen molar-refractivity contribution in [2.75, 3.05) is 0 Å². The van der Waals surface area contributed by atoms with Crippen molar-refractivity contribution in [2.45, 2.75) is 33.6 Å². The highest BCUT2D eigenvalue weighted by Gasteiger charge is 2.34. The van der Waals surface area contributed by atoms with Crippen LogP contribution in [0.25, 0.3) is 5.69 Å². The van der Waals surface area contributed by atoms with E-state index in [1.807, 2.05) is 31.2 Å². The quantitative estimate of drug-likeness (QED) is 0.376. The molecule has 0 fully saturated rings. The highest BCUT2D eigenvalue weighted by molar-refractivity contribution is 6.30. The molecule has 1 heterocycles. The molecular weight excluding hydrogens is 403 g/mol. The molecule has 30 heavy (non-hydrogen) atoms. The molecule has 4 nitrogen and oxygen atoms in total. The highest BCUT2D eigenvalue weighted by Crippen LogP contribution is 2.38. The molecule has 3 aromatic rings. The van der Waals surface area contributed by atoms with Gasteiger partial charge in [0.2, 0.25) is 0 Å². The second-order valence-corrected chi connectivity index (χ2v) is 8.81. The van der Waals surface area contributed by atoms with Gasteiger partial charge in [-0.15, -0.1) is 0 Å². The lowest BCUT2D eigenvalue weighted by molar-refractivity contribution is 0.0508. The number of carbonyl (C=O) groups is 1. The molecule has 0 saturated heterocycles. The summed E-state index contributed by atoms with van der Waals surface area (Å²) in [5.41, 5.74) is 4.58. The Kier molecular flexibility index (Phi) is 5.24. The smallest absolute Gasteiger partial charge is 0.318 e. The molecule has 0 saturated carbocycles. The number of hydrogen-bond donors (Lipinski definition) is 0. The van der Waals surface area contributed by atoms with Crippen LogP contribution in [-0.2, 0) is 11.3 Å². The van der Waals surface area contributed by atoms with Gasteiger partial charge < -0.3 is 9.40 Å². The molecule has 0 N–H and O–H groups in total. The third kappa shape index (κ3) is 3.90. The minimum atomic E-state index is -0.806. The molecule has 0 unspecified atom stereocenters. The van der Waals surface area contributed by atoms with Gasteiger partial charge in [-0.25, -0.2) is 9.18 Å². The maximum absolute atomic E-state index is 13.9. The first-order valence-electron chi connectivity index (χ1n) is 9.75. The Labute approximate surface area is 179 Å². The van der Waals surface area contributed by atoms with Gasteiger partial charge >= 0.3 is 5.97 Å². The van der Waals surface area contributed by atoms with Crippen molar-refractivity contribution < 1.29 is 14.0 Å². The number of hydrogen-bond acceptors (Lipinski definition) is 3. The van der Waals surface area contributed by atoms with Crippen molar-refractivity contribution >= 4 is 23.3 Å². The summed E-state index contributed by atoms with van der Waals surface area (Å²) in [6.07, 6.45) is 1.49. The first-order valence-corrected chi connectivity index (χ1v) is 10.1. The van der Waals surface area contributed by atoms with Gasteiger partial charge in [0.05, 0.1) is 11.3 Å². The van der Waals surface area contributed by atoms with E-state index < -0.39 is 11.8 Å². The van der Waals surface area contributed by atoms with Crippen LogP contribution in [0.3, 0.4) is 0 Å². The van der Waals surface area contributed by atoms with Gasteiger partial charge in [0.15, 0.2) is 0 Å². The van der Waals surface area contributed by atoms with Crippen molar-refractivity contribution in [1.29, 1.82) is 0 Å². The predicted molar refractivity (Wildman–Crippen MR) is 116 cm³/mol. The summed E-state index contributed by atoms with van der Waals surface area (Å²) < 4.78 is 16.1. The van der Waals surface area contributed by atoms with Crippen LogP contribution in [0, 0.1) is 18.2 Å². The molecule has 1 aromatic heterocycles. The second-order valence-electron chi connectivity index (χ2n) is 8.37. The molecule has 1 aliphatic rings. The Morgan fingerprint density at radius 3 is 2.53 bits per heavy atom. The van der Waals surface area contributed by atoms with Gasteiger partial charge in [-0.3, -0.25) is 0 Å². The van der Waals surface area contributed by atoms with Gasteiger partial charge in [-0.2, -0.15) is 0 Å². The maximum atomic E-state index is 13.9. The molecular formula is C24H22ClFN2O2. The fourth-order valence-electron chi connectivity index (χ4n) is 3.98. The average molecular weight is 425 g/mol. The van der Waals surface area contributed by atoms with Gasteiger partial charge in [-0.1, -0.05) is 42.7 Å². The lowest BCUT2D eigenvalue weighted by atomic mass is 9.76. The fraction of sp³-hybridized carbons (Fsp3) is 0.250. The number of nitrogens with zero attached hydrogens (tertiary/aromatic N) is 2. The van der Waals surface area contributed by atoms with E-state index in [1.165, 1.54) is 18.2 Å². The molecule has 4 rings (SSSR count). The van der Waals surface area contributed by atoms with Crippen LogP contribution >= 0.6 is 11.6 Å². The number of halogens is 2. The Bertz CT molecular complexity index is 1150. The summed E-state index contributed by atoms with van der Waals surface area (Å²) >= 11 is 6.05. The molecule has 6 heteroatoms. The molecule has 0 amide bonds. The zero-order chi connectivity index (χ0) is 21.5. The van der Waals surface area contributed by atoms with Crippen molar-refractivity contribution in [1.82, 2.24) is 4.57 Å². The number of carbonyl (C=O) groups excluding carboxylic acids is 1. The zero-order valence-electron chi connectivity index (χ0n) is 17.1. The third-order valence-electron chi connectivity index (χ3n) is 5.31. The van der Waals surface area contributed by atoms with Crippen LogP contribution < -0.4 is 0 Å². The monoisotopic (exact) mass is 424 g/mol. The normalized spacial score (nSPS) is 16.4. The first kappa shape index (κ1) is 20.4. The van der Waals surface area contributed by atoms with Crippen LogP contribution in [0.4, 0.5) is 4.39 Å². The minimum Gasteiger partial charge on any atom is -0.318 e. The molecule has 0 aliphatic heterocycles. The maximum Gasteiger partial charge on any atom is 0.368 e. The van der Waals surface area contributed by atoms with Crippen LogP contribution in [0.2, 0.25) is 5.02 Å². The average Bonchev–Trinajstić information content (AvgIpc) is 3.01. The van der Waals surface area contributed by atoms with Crippen LogP contribution in [0.5, 0.6) is 0 Å². The second kappa shape index (κ2) is 7.73. The van der Waals surface area contributed by atoms with Gasteiger partial charge in [0.25, 0.3) is 0 Å². The number of oxime groups is 1. The highest BCUT2D eigenvalue weighted by atomic mass is 35.5. The molecule has 0 atom stereocenters. The summed E-state index contributed by atoms with van der Waals surface area (Å²) in [5.74, 6) is -1.43. The molecule has 0 spiro atoms. The summed E-state index contributed by atoms with van der Waals surface area (Å²) in [6.45, 7) is 6.33. The molecule has 154 valence electrons. The van der Waals surface area contributed by atoms with E-state index >= 15 is 0 Å². The largest absolute Gasteiger partial charge is 0.368 e. The van der Waals surface area contributed by atoms with E-state index in [-0.39, 0.29) is 11.0 Å². The van der Waals surface area contributed by atoms with Crippen LogP contribution in [-0.4, -0.2) is 16.2 Å². The summed E-state index contributed by atoms with van der Waals surface area (Å²) in [6, 6.07) is 15.5. The standard InChI is InChI=1S/C24H22ClFN2O2/c1-15-12-19-21(27-30-23(29)18-6-4-5-7-20(18)26)13-24(2,3)14-22(19)28(15)17-10-8-16(25)9-11-17/h4-12H,13-14H2,1-3H3/b27-21+. The lowest BCUT2D eigenvalue weighted by Crippen LogP contribution is -2.28. The van der Waals surface area contributed by atoms with Gasteiger partial charge in [0, 0.05) is 27.7 Å². The van der Waals surface area contributed by atoms with Crippen molar-refractivity contribution in [3.8, 4) is 5.69 Å². The van der Waals surface area contributed by atoms with Gasteiger partial charge in [0.1, 0.15) is 5.82 Å². The Morgan fingerprint density at radius 2 is 1.83 bits per heavy atom. The van der Waals surface area contributed by atoms with Crippen molar-refractivity contribution in [3.05, 3.63) is 88.0 Å². The minimum absolute atomic E-state index is 0.0782.